The molecule has 3 heteroatoms. The van der Waals surface area contributed by atoms with Crippen LogP contribution >= 0.6 is 0 Å². The van der Waals surface area contributed by atoms with Crippen molar-refractivity contribution in [3.8, 4) is 0 Å². The van der Waals surface area contributed by atoms with Crippen molar-refractivity contribution in [2.75, 3.05) is 6.54 Å². The van der Waals surface area contributed by atoms with Gasteiger partial charge in [-0.3, -0.25) is 4.90 Å². The van der Waals surface area contributed by atoms with Crippen LogP contribution in [0.5, 0.6) is 0 Å². The lowest BCUT2D eigenvalue weighted by atomic mass is 9.87. The number of aryl methyl sites for hydroxylation is 1. The predicted octanol–water partition coefficient (Wildman–Crippen LogP) is 3.95. The summed E-state index contributed by atoms with van der Waals surface area (Å²) in [6.45, 7) is 9.27. The molecule has 3 nitrogen and oxygen atoms in total. The van der Waals surface area contributed by atoms with Gasteiger partial charge in [0.25, 0.3) is 0 Å². The first-order chi connectivity index (χ1) is 9.53. The van der Waals surface area contributed by atoms with Gasteiger partial charge < -0.3 is 4.52 Å². The van der Waals surface area contributed by atoms with Crippen LogP contribution < -0.4 is 0 Å². The van der Waals surface area contributed by atoms with Gasteiger partial charge in [-0.1, -0.05) is 25.9 Å². The van der Waals surface area contributed by atoms with E-state index in [0.29, 0.717) is 5.41 Å². The van der Waals surface area contributed by atoms with Crippen molar-refractivity contribution < 1.29 is 4.52 Å². The summed E-state index contributed by atoms with van der Waals surface area (Å²) >= 11 is 0. The molecule has 1 saturated heterocycles. The summed E-state index contributed by atoms with van der Waals surface area (Å²) < 4.78 is 5.56. The minimum atomic E-state index is 0.413. The third-order valence-electron chi connectivity index (χ3n) is 4.73. The van der Waals surface area contributed by atoms with E-state index in [1.54, 1.807) is 0 Å². The zero-order chi connectivity index (χ0) is 14.2. The monoisotopic (exact) mass is 276 g/mol. The molecule has 0 saturated carbocycles. The van der Waals surface area contributed by atoms with Crippen LogP contribution in [0.3, 0.4) is 0 Å². The van der Waals surface area contributed by atoms with E-state index in [0.717, 1.165) is 24.8 Å². The highest BCUT2D eigenvalue weighted by Gasteiger charge is 2.30. The number of rotatable bonds is 3. The van der Waals surface area contributed by atoms with Crippen molar-refractivity contribution in [2.45, 2.75) is 78.3 Å². The summed E-state index contributed by atoms with van der Waals surface area (Å²) in [4.78, 5) is 2.64. The molecule has 1 fully saturated rings. The molecule has 112 valence electrons. The van der Waals surface area contributed by atoms with Crippen LogP contribution in [-0.4, -0.2) is 22.6 Å². The summed E-state index contributed by atoms with van der Waals surface area (Å²) in [5.41, 5.74) is 3.06. The number of hydrogen-bond acceptors (Lipinski definition) is 3. The molecule has 0 bridgehead atoms. The minimum absolute atomic E-state index is 0.413. The zero-order valence-electron chi connectivity index (χ0n) is 13.2. The van der Waals surface area contributed by atoms with Gasteiger partial charge in [0.1, 0.15) is 11.5 Å². The molecule has 0 amide bonds. The van der Waals surface area contributed by atoms with Crippen LogP contribution in [-0.2, 0) is 19.4 Å². The molecule has 0 spiro atoms. The van der Waals surface area contributed by atoms with Gasteiger partial charge in [-0.2, -0.15) is 0 Å². The quantitative estimate of drug-likeness (QED) is 0.837. The Labute approximate surface area is 122 Å². The average Bonchev–Trinajstić information content (AvgIpc) is 2.97. The molecule has 3 rings (SSSR count). The topological polar surface area (TPSA) is 29.3 Å². The maximum Gasteiger partial charge on any atom is 0.140 e. The molecule has 1 aliphatic heterocycles. The van der Waals surface area contributed by atoms with E-state index >= 15 is 0 Å². The highest BCUT2D eigenvalue weighted by molar-refractivity contribution is 5.25. The smallest absolute Gasteiger partial charge is 0.140 e. The van der Waals surface area contributed by atoms with E-state index in [2.05, 4.69) is 30.8 Å². The maximum absolute atomic E-state index is 5.56. The third kappa shape index (κ3) is 3.08. The number of nitrogens with zero attached hydrogens (tertiary/aromatic N) is 2. The van der Waals surface area contributed by atoms with Gasteiger partial charge in [0.2, 0.25) is 0 Å². The van der Waals surface area contributed by atoms with Crippen LogP contribution in [0, 0.1) is 5.41 Å². The lowest BCUT2D eigenvalue weighted by Crippen LogP contribution is -2.32. The van der Waals surface area contributed by atoms with Gasteiger partial charge >= 0.3 is 0 Å². The van der Waals surface area contributed by atoms with E-state index in [9.17, 15) is 0 Å². The predicted molar refractivity (Wildman–Crippen MR) is 80.6 cm³/mol. The van der Waals surface area contributed by atoms with E-state index in [4.69, 9.17) is 4.52 Å². The highest BCUT2D eigenvalue weighted by Crippen LogP contribution is 2.32. The first-order valence-corrected chi connectivity index (χ1v) is 8.23. The second kappa shape index (κ2) is 5.51. The second-order valence-corrected chi connectivity index (χ2v) is 7.77. The SMILES string of the molecule is CC(C)(C)CC1CCCN1Cc1noc2c1CCCC2. The summed E-state index contributed by atoms with van der Waals surface area (Å²) in [7, 11) is 0. The molecular formula is C17H28N2O. The fourth-order valence-electron chi connectivity index (χ4n) is 3.81. The van der Waals surface area contributed by atoms with Crippen molar-refractivity contribution in [1.82, 2.24) is 10.1 Å². The van der Waals surface area contributed by atoms with Gasteiger partial charge in [-0.25, -0.2) is 0 Å². The molecule has 2 aliphatic rings. The molecular weight excluding hydrogens is 248 g/mol. The van der Waals surface area contributed by atoms with Crippen LogP contribution in [0.15, 0.2) is 4.52 Å². The Balaban J connectivity index is 1.69. The van der Waals surface area contributed by atoms with Crippen molar-refractivity contribution in [3.05, 3.63) is 17.0 Å². The maximum atomic E-state index is 5.56. The Kier molecular flexibility index (Phi) is 3.89. The summed E-state index contributed by atoms with van der Waals surface area (Å²) in [5, 5.41) is 4.38. The van der Waals surface area contributed by atoms with Gasteiger partial charge in [0, 0.05) is 24.6 Å². The van der Waals surface area contributed by atoms with Gasteiger partial charge in [-0.15, -0.1) is 0 Å². The Morgan fingerprint density at radius 2 is 2.00 bits per heavy atom. The van der Waals surface area contributed by atoms with Crippen molar-refractivity contribution >= 4 is 0 Å². The lowest BCUT2D eigenvalue weighted by Gasteiger charge is -2.30. The Bertz CT molecular complexity index is 458. The van der Waals surface area contributed by atoms with E-state index in [1.807, 2.05) is 0 Å². The van der Waals surface area contributed by atoms with Crippen LogP contribution in [0.1, 0.15) is 69.9 Å². The fraction of sp³-hybridized carbons (Fsp3) is 0.824. The highest BCUT2D eigenvalue weighted by atomic mass is 16.5. The molecule has 1 aliphatic carbocycles. The van der Waals surface area contributed by atoms with Crippen molar-refractivity contribution in [1.29, 1.82) is 0 Å². The number of fused-ring (bicyclic) bond motifs is 1. The Hall–Kier alpha value is -0.830. The molecule has 0 aromatic carbocycles. The van der Waals surface area contributed by atoms with Gasteiger partial charge in [0.05, 0.1) is 0 Å². The van der Waals surface area contributed by atoms with Crippen molar-refractivity contribution in [3.63, 3.8) is 0 Å². The van der Waals surface area contributed by atoms with E-state index < -0.39 is 0 Å². The zero-order valence-corrected chi connectivity index (χ0v) is 13.2. The Morgan fingerprint density at radius 1 is 1.20 bits per heavy atom. The molecule has 1 aromatic rings. The lowest BCUT2D eigenvalue weighted by molar-refractivity contribution is 0.181. The molecule has 1 unspecified atom stereocenters. The standard InChI is InChI=1S/C17H28N2O/c1-17(2,3)11-13-7-6-10-19(13)12-15-14-8-4-5-9-16(14)20-18-15/h13H,4-12H2,1-3H3. The number of hydrogen-bond donors (Lipinski definition) is 0. The molecule has 2 heterocycles. The second-order valence-electron chi connectivity index (χ2n) is 7.77. The summed E-state index contributed by atoms with van der Waals surface area (Å²) in [5.74, 6) is 1.16. The van der Waals surface area contributed by atoms with Crippen molar-refractivity contribution in [2.24, 2.45) is 5.41 Å². The van der Waals surface area contributed by atoms with Crippen LogP contribution in [0.2, 0.25) is 0 Å². The largest absolute Gasteiger partial charge is 0.361 e. The van der Waals surface area contributed by atoms with E-state index in [1.165, 1.54) is 56.3 Å². The Morgan fingerprint density at radius 3 is 2.80 bits per heavy atom. The van der Waals surface area contributed by atoms with Gasteiger partial charge in [0.15, 0.2) is 0 Å². The molecule has 0 N–H and O–H groups in total. The summed E-state index contributed by atoms with van der Waals surface area (Å²) in [6, 6.07) is 0.728. The third-order valence-corrected chi connectivity index (χ3v) is 4.73. The first kappa shape index (κ1) is 14.1. The molecule has 20 heavy (non-hydrogen) atoms. The van der Waals surface area contributed by atoms with Gasteiger partial charge in [-0.05, 0) is 50.5 Å². The van der Waals surface area contributed by atoms with Crippen LogP contribution in [0.25, 0.3) is 0 Å². The first-order valence-electron chi connectivity index (χ1n) is 8.23. The molecule has 1 aromatic heterocycles. The minimum Gasteiger partial charge on any atom is -0.361 e. The average molecular weight is 276 g/mol. The normalized spacial score (nSPS) is 24.1. The van der Waals surface area contributed by atoms with Crippen LogP contribution in [0.4, 0.5) is 0 Å². The fourth-order valence-corrected chi connectivity index (χ4v) is 3.81. The number of aromatic nitrogens is 1. The summed E-state index contributed by atoms with van der Waals surface area (Å²) in [6.07, 6.45) is 8.79. The molecule has 0 radical (unpaired) electrons. The number of likely N-dealkylation sites (tertiary alicyclic amines) is 1. The molecule has 1 atom stereocenters. The van der Waals surface area contributed by atoms with E-state index in [-0.39, 0.29) is 0 Å².